The minimum absolute atomic E-state index is 0.165. The lowest BCUT2D eigenvalue weighted by Gasteiger charge is -2.34. The van der Waals surface area contributed by atoms with E-state index in [0.717, 1.165) is 29.5 Å². The minimum Gasteiger partial charge on any atom is -0.508 e. The third-order valence-electron chi connectivity index (χ3n) is 7.78. The van der Waals surface area contributed by atoms with E-state index in [9.17, 15) is 9.90 Å². The first-order valence-electron chi connectivity index (χ1n) is 15.9. The topological polar surface area (TPSA) is 46.5 Å². The Bertz CT molecular complexity index is 782. The van der Waals surface area contributed by atoms with Crippen LogP contribution in [0.5, 0.6) is 5.75 Å². The lowest BCUT2D eigenvalue weighted by Crippen LogP contribution is -2.26. The summed E-state index contributed by atoms with van der Waals surface area (Å²) >= 11 is 0. The molecule has 3 nitrogen and oxygen atoms in total. The second kappa shape index (κ2) is 18.0. The van der Waals surface area contributed by atoms with E-state index in [4.69, 9.17) is 4.74 Å². The molecule has 1 aromatic carbocycles. The first-order chi connectivity index (χ1) is 17.9. The Morgan fingerprint density at radius 2 is 1.08 bits per heavy atom. The van der Waals surface area contributed by atoms with Gasteiger partial charge in [0.25, 0.3) is 0 Å². The van der Waals surface area contributed by atoms with E-state index in [-0.39, 0.29) is 22.7 Å². The molecule has 0 spiro atoms. The van der Waals surface area contributed by atoms with Crippen LogP contribution in [0.2, 0.25) is 0 Å². The summed E-state index contributed by atoms with van der Waals surface area (Å²) in [7, 11) is 0. The van der Waals surface area contributed by atoms with Gasteiger partial charge in [-0.05, 0) is 41.4 Å². The molecule has 0 aliphatic rings. The average molecular weight is 531 g/mol. The van der Waals surface area contributed by atoms with Crippen molar-refractivity contribution in [3.05, 3.63) is 28.8 Å². The number of unbranched alkanes of at least 4 members (excludes halogenated alkanes) is 15. The van der Waals surface area contributed by atoms with E-state index in [1.54, 1.807) is 6.07 Å². The summed E-state index contributed by atoms with van der Waals surface area (Å²) in [6, 6.07) is 3.65. The predicted molar refractivity (Wildman–Crippen MR) is 164 cm³/mol. The van der Waals surface area contributed by atoms with E-state index in [2.05, 4.69) is 48.5 Å². The van der Waals surface area contributed by atoms with E-state index < -0.39 is 0 Å². The number of phenolic OH excluding ortho intramolecular Hbond substituents is 1. The number of aromatic hydroxyl groups is 1. The molecular formula is C35H62O3. The van der Waals surface area contributed by atoms with Gasteiger partial charge in [0.2, 0.25) is 0 Å². The Kier molecular flexibility index (Phi) is 16.3. The molecule has 1 rings (SSSR count). The van der Waals surface area contributed by atoms with Gasteiger partial charge >= 0.3 is 5.97 Å². The van der Waals surface area contributed by atoms with Gasteiger partial charge < -0.3 is 9.84 Å². The van der Waals surface area contributed by atoms with E-state index in [1.165, 1.54) is 89.9 Å². The zero-order valence-electron chi connectivity index (χ0n) is 26.5. The van der Waals surface area contributed by atoms with E-state index in [1.807, 2.05) is 13.0 Å². The summed E-state index contributed by atoms with van der Waals surface area (Å²) in [5, 5.41) is 10.7. The van der Waals surface area contributed by atoms with Crippen LogP contribution in [-0.2, 0) is 20.4 Å². The molecule has 0 aromatic heterocycles. The molecule has 0 amide bonds. The van der Waals surface area contributed by atoms with Gasteiger partial charge in [-0.3, -0.25) is 4.79 Å². The van der Waals surface area contributed by atoms with Crippen molar-refractivity contribution >= 4 is 5.97 Å². The molecular weight excluding hydrogens is 468 g/mol. The van der Waals surface area contributed by atoms with Crippen LogP contribution in [0.15, 0.2) is 12.1 Å². The second-order valence-electron chi connectivity index (χ2n) is 13.6. The van der Waals surface area contributed by atoms with Crippen molar-refractivity contribution in [3.8, 4) is 5.75 Å². The first kappa shape index (κ1) is 34.5. The van der Waals surface area contributed by atoms with Gasteiger partial charge in [0.1, 0.15) is 5.75 Å². The van der Waals surface area contributed by atoms with Crippen molar-refractivity contribution in [2.45, 2.75) is 175 Å². The van der Waals surface area contributed by atoms with Gasteiger partial charge in [0.15, 0.2) is 0 Å². The molecule has 0 aliphatic carbocycles. The molecule has 0 heterocycles. The number of carbonyl (C=O) groups excluding carboxylic acids is 1. The third kappa shape index (κ3) is 13.0. The number of rotatable bonds is 19. The highest BCUT2D eigenvalue weighted by Gasteiger charge is 2.33. The smallest absolute Gasteiger partial charge is 0.313 e. The molecule has 0 aliphatic heterocycles. The average Bonchev–Trinajstić information content (AvgIpc) is 2.83. The highest BCUT2D eigenvalue weighted by atomic mass is 16.5. The number of carbonyl (C=O) groups is 1. The van der Waals surface area contributed by atoms with Crippen molar-refractivity contribution in [1.82, 2.24) is 0 Å². The Morgan fingerprint density at radius 1 is 0.684 bits per heavy atom. The van der Waals surface area contributed by atoms with Crippen LogP contribution in [-0.4, -0.2) is 17.7 Å². The van der Waals surface area contributed by atoms with Crippen molar-refractivity contribution in [3.63, 3.8) is 0 Å². The van der Waals surface area contributed by atoms with Crippen LogP contribution in [0.1, 0.15) is 181 Å². The molecule has 1 aromatic rings. The fourth-order valence-corrected chi connectivity index (χ4v) is 5.61. The Balaban J connectivity index is 2.28. The summed E-state index contributed by atoms with van der Waals surface area (Å²) in [5.41, 5.74) is 2.55. The largest absolute Gasteiger partial charge is 0.508 e. The lowest BCUT2D eigenvalue weighted by atomic mass is 9.71. The maximum Gasteiger partial charge on any atom is 0.313 e. The molecule has 1 atom stereocenters. The molecule has 0 bridgehead atoms. The zero-order chi connectivity index (χ0) is 28.6. The van der Waals surface area contributed by atoms with Gasteiger partial charge in [-0.15, -0.1) is 0 Å². The maximum atomic E-state index is 12.9. The van der Waals surface area contributed by atoms with Crippen molar-refractivity contribution in [1.29, 1.82) is 0 Å². The highest BCUT2D eigenvalue weighted by Crippen LogP contribution is 2.43. The van der Waals surface area contributed by atoms with Crippen LogP contribution >= 0.6 is 0 Å². The van der Waals surface area contributed by atoms with Crippen LogP contribution < -0.4 is 0 Å². The Labute approximate surface area is 236 Å². The molecule has 38 heavy (non-hydrogen) atoms. The third-order valence-corrected chi connectivity index (χ3v) is 7.78. The monoisotopic (exact) mass is 530 g/mol. The minimum atomic E-state index is -0.355. The predicted octanol–water partition coefficient (Wildman–Crippen LogP) is 10.9. The normalized spacial score (nSPS) is 13.1. The van der Waals surface area contributed by atoms with Crippen molar-refractivity contribution in [2.75, 3.05) is 6.61 Å². The summed E-state index contributed by atoms with van der Waals surface area (Å²) < 4.78 is 5.70. The number of hydrogen-bond acceptors (Lipinski definition) is 3. The molecule has 0 radical (unpaired) electrons. The summed E-state index contributed by atoms with van der Waals surface area (Å²) in [6.07, 6.45) is 21.4. The molecule has 3 heteroatoms. The van der Waals surface area contributed by atoms with Gasteiger partial charge in [-0.1, -0.05) is 151 Å². The summed E-state index contributed by atoms with van der Waals surface area (Å²) in [6.45, 7) is 17.5. The number of benzene rings is 1. The van der Waals surface area contributed by atoms with Gasteiger partial charge in [0, 0.05) is 5.56 Å². The fraction of sp³-hybridized carbons (Fsp3) is 0.800. The molecule has 0 fully saturated rings. The fourth-order valence-electron chi connectivity index (χ4n) is 5.61. The zero-order valence-corrected chi connectivity index (χ0v) is 26.5. The SMILES string of the molecule is CCCCCCCCCCCCCCCCCCOC(=O)C(C)c1ccc(O)c(C(C)(C)C)c1C(C)(C)C. The Morgan fingerprint density at radius 3 is 1.47 bits per heavy atom. The number of hydrogen-bond donors (Lipinski definition) is 1. The van der Waals surface area contributed by atoms with Crippen molar-refractivity contribution < 1.29 is 14.6 Å². The molecule has 1 unspecified atom stereocenters. The van der Waals surface area contributed by atoms with Gasteiger partial charge in [-0.2, -0.15) is 0 Å². The van der Waals surface area contributed by atoms with Crippen LogP contribution in [0.3, 0.4) is 0 Å². The van der Waals surface area contributed by atoms with Crippen LogP contribution in [0.4, 0.5) is 0 Å². The van der Waals surface area contributed by atoms with Crippen molar-refractivity contribution in [2.24, 2.45) is 0 Å². The number of esters is 1. The molecule has 0 saturated carbocycles. The lowest BCUT2D eigenvalue weighted by molar-refractivity contribution is -0.145. The van der Waals surface area contributed by atoms with Crippen LogP contribution in [0, 0.1) is 0 Å². The van der Waals surface area contributed by atoms with Gasteiger partial charge in [-0.25, -0.2) is 0 Å². The van der Waals surface area contributed by atoms with Gasteiger partial charge in [0.05, 0.1) is 12.5 Å². The van der Waals surface area contributed by atoms with E-state index in [0.29, 0.717) is 12.4 Å². The number of ether oxygens (including phenoxy) is 1. The van der Waals surface area contributed by atoms with E-state index >= 15 is 0 Å². The maximum absolute atomic E-state index is 12.9. The second-order valence-corrected chi connectivity index (χ2v) is 13.6. The molecule has 0 saturated heterocycles. The Hall–Kier alpha value is -1.51. The molecule has 220 valence electrons. The highest BCUT2D eigenvalue weighted by molar-refractivity contribution is 5.79. The number of phenols is 1. The molecule has 1 N–H and O–H groups in total. The summed E-state index contributed by atoms with van der Waals surface area (Å²) in [5.74, 6) is -0.214. The standard InChI is InChI=1S/C35H62O3/c1-9-10-11-12-13-14-15-16-17-18-19-20-21-22-23-24-27-38-33(37)28(2)29-25-26-30(36)32(35(6,7)8)31(29)34(3,4)5/h25-26,28,36H,9-24,27H2,1-8H3. The van der Waals surface area contributed by atoms with Crippen LogP contribution in [0.25, 0.3) is 0 Å². The quantitative estimate of drug-likeness (QED) is 0.143. The summed E-state index contributed by atoms with van der Waals surface area (Å²) in [4.78, 5) is 12.9. The first-order valence-corrected chi connectivity index (χ1v) is 15.9.